The van der Waals surface area contributed by atoms with Crippen molar-refractivity contribution < 1.29 is 18.0 Å². The molecule has 3 unspecified atom stereocenters. The molecule has 1 aliphatic rings. The molecule has 0 saturated carbocycles. The van der Waals surface area contributed by atoms with Crippen LogP contribution in [0.4, 0.5) is 0 Å². The molecule has 5 nitrogen and oxygen atoms in total. The highest BCUT2D eigenvalue weighted by atomic mass is 32.2. The van der Waals surface area contributed by atoms with Crippen molar-refractivity contribution in [3.8, 4) is 0 Å². The molecule has 28 heavy (non-hydrogen) atoms. The van der Waals surface area contributed by atoms with Crippen molar-refractivity contribution in [3.05, 3.63) is 48.0 Å². The van der Waals surface area contributed by atoms with Gasteiger partial charge in [-0.1, -0.05) is 63.4 Å². The molecule has 0 radical (unpaired) electrons. The summed E-state index contributed by atoms with van der Waals surface area (Å²) in [4.78, 5) is 24.4. The molecule has 0 amide bonds. The van der Waals surface area contributed by atoms with Gasteiger partial charge in [-0.05, 0) is 37.0 Å². The van der Waals surface area contributed by atoms with Crippen LogP contribution in [0, 0.1) is 5.92 Å². The summed E-state index contributed by atoms with van der Waals surface area (Å²) in [7, 11) is -3.60. The molecule has 0 fully saturated rings. The van der Waals surface area contributed by atoms with E-state index in [-0.39, 0.29) is 18.0 Å². The van der Waals surface area contributed by atoms with E-state index in [1.807, 2.05) is 44.2 Å². The second-order valence-corrected chi connectivity index (χ2v) is 9.52. The summed E-state index contributed by atoms with van der Waals surface area (Å²) in [6.07, 6.45) is 6.74. The summed E-state index contributed by atoms with van der Waals surface area (Å²) < 4.78 is 29.1. The minimum absolute atomic E-state index is 0.0444. The van der Waals surface area contributed by atoms with E-state index >= 15 is 0 Å². The number of carbonyl (C=O) groups is 2. The van der Waals surface area contributed by atoms with Gasteiger partial charge in [0, 0.05) is 18.4 Å². The molecular weight excluding hydrogens is 374 g/mol. The lowest BCUT2D eigenvalue weighted by molar-refractivity contribution is -0.125. The Bertz CT molecular complexity index is 786. The first kappa shape index (κ1) is 22.5. The number of hydrogen-bond donors (Lipinski definition) is 1. The zero-order chi connectivity index (χ0) is 20.6. The Balaban J connectivity index is 2.28. The average molecular weight is 406 g/mol. The quantitative estimate of drug-likeness (QED) is 0.610. The van der Waals surface area contributed by atoms with E-state index in [9.17, 15) is 18.0 Å². The number of ketones is 2. The zero-order valence-electron chi connectivity index (χ0n) is 16.8. The van der Waals surface area contributed by atoms with Crippen LogP contribution in [-0.2, 0) is 26.0 Å². The SMILES string of the molecule is CCCCC(CCC)S(=O)(=O)NC(Cc1ccccc1)C1CC(=O)C=CC1=O. The summed E-state index contributed by atoms with van der Waals surface area (Å²) in [6, 6.07) is 8.85. The second-order valence-electron chi connectivity index (χ2n) is 7.52. The second kappa shape index (κ2) is 10.7. The number of rotatable bonds is 11. The minimum Gasteiger partial charge on any atom is -0.295 e. The molecule has 1 aromatic carbocycles. The summed E-state index contributed by atoms with van der Waals surface area (Å²) in [5, 5.41) is -0.472. The molecule has 0 aliphatic heterocycles. The van der Waals surface area contributed by atoms with Gasteiger partial charge in [-0.25, -0.2) is 13.1 Å². The third-order valence-electron chi connectivity index (χ3n) is 5.25. The Kier molecular flexibility index (Phi) is 8.58. The van der Waals surface area contributed by atoms with Gasteiger partial charge in [0.05, 0.1) is 5.25 Å². The predicted molar refractivity (Wildman–Crippen MR) is 111 cm³/mol. The summed E-state index contributed by atoms with van der Waals surface area (Å²) in [6.45, 7) is 4.02. The normalized spacial score (nSPS) is 19.6. The standard InChI is InChI=1S/C22H31NO4S/c1-3-5-12-19(9-4-2)28(26,27)23-21(15-17-10-7-6-8-11-17)20-16-18(24)13-14-22(20)25/h6-8,10-11,13-14,19-21,23H,3-5,9,12,15-16H2,1-2H3. The number of hydrogen-bond acceptors (Lipinski definition) is 4. The van der Waals surface area contributed by atoms with Crippen molar-refractivity contribution in [2.45, 2.75) is 70.1 Å². The van der Waals surface area contributed by atoms with Crippen molar-refractivity contribution in [1.29, 1.82) is 0 Å². The third kappa shape index (κ3) is 6.38. The molecule has 3 atom stereocenters. The number of sulfonamides is 1. The van der Waals surface area contributed by atoms with E-state index in [2.05, 4.69) is 4.72 Å². The highest BCUT2D eigenvalue weighted by Gasteiger charge is 2.36. The largest absolute Gasteiger partial charge is 0.295 e. The van der Waals surface area contributed by atoms with Gasteiger partial charge in [0.2, 0.25) is 10.0 Å². The van der Waals surface area contributed by atoms with E-state index in [1.165, 1.54) is 12.2 Å². The van der Waals surface area contributed by atoms with Crippen molar-refractivity contribution in [2.75, 3.05) is 0 Å². The van der Waals surface area contributed by atoms with Crippen LogP contribution in [0.2, 0.25) is 0 Å². The van der Waals surface area contributed by atoms with Crippen molar-refractivity contribution in [1.82, 2.24) is 4.72 Å². The number of carbonyl (C=O) groups excluding carboxylic acids is 2. The monoisotopic (exact) mass is 405 g/mol. The van der Waals surface area contributed by atoms with Gasteiger partial charge >= 0.3 is 0 Å². The molecule has 0 heterocycles. The van der Waals surface area contributed by atoms with E-state index in [0.717, 1.165) is 24.8 Å². The maximum atomic E-state index is 13.1. The van der Waals surface area contributed by atoms with Crippen LogP contribution in [-0.4, -0.2) is 31.3 Å². The smallest absolute Gasteiger partial charge is 0.214 e. The molecule has 0 spiro atoms. The van der Waals surface area contributed by atoms with E-state index < -0.39 is 27.2 Å². The van der Waals surface area contributed by atoms with Crippen LogP contribution < -0.4 is 4.72 Å². The fourth-order valence-corrected chi connectivity index (χ4v) is 5.56. The van der Waals surface area contributed by atoms with Gasteiger partial charge in [-0.15, -0.1) is 0 Å². The lowest BCUT2D eigenvalue weighted by atomic mass is 9.84. The summed E-state index contributed by atoms with van der Waals surface area (Å²) in [5.74, 6) is -0.997. The van der Waals surface area contributed by atoms with Gasteiger partial charge in [0.1, 0.15) is 0 Å². The van der Waals surface area contributed by atoms with Crippen LogP contribution >= 0.6 is 0 Å². The van der Waals surface area contributed by atoms with Crippen LogP contribution in [0.1, 0.15) is 57.9 Å². The molecule has 0 aromatic heterocycles. The Morgan fingerprint density at radius 1 is 1.04 bits per heavy atom. The molecule has 1 aromatic rings. The van der Waals surface area contributed by atoms with E-state index in [4.69, 9.17) is 0 Å². The summed E-state index contributed by atoms with van der Waals surface area (Å²) >= 11 is 0. The van der Waals surface area contributed by atoms with Crippen molar-refractivity contribution in [3.63, 3.8) is 0 Å². The number of benzene rings is 1. The Labute approximate surface area is 168 Å². The Morgan fingerprint density at radius 2 is 1.75 bits per heavy atom. The van der Waals surface area contributed by atoms with Gasteiger partial charge < -0.3 is 0 Å². The molecule has 6 heteroatoms. The minimum atomic E-state index is -3.60. The fourth-order valence-electron chi connectivity index (χ4n) is 3.67. The molecule has 1 aliphatic carbocycles. The summed E-state index contributed by atoms with van der Waals surface area (Å²) in [5.41, 5.74) is 0.936. The number of unbranched alkanes of at least 4 members (excludes halogenated alkanes) is 1. The topological polar surface area (TPSA) is 80.3 Å². The van der Waals surface area contributed by atoms with Gasteiger partial charge in [-0.2, -0.15) is 0 Å². The highest BCUT2D eigenvalue weighted by Crippen LogP contribution is 2.23. The van der Waals surface area contributed by atoms with Gasteiger partial charge in [0.15, 0.2) is 11.6 Å². The molecule has 1 N–H and O–H groups in total. The third-order valence-corrected chi connectivity index (χ3v) is 7.23. The lowest BCUT2D eigenvalue weighted by Gasteiger charge is -2.29. The maximum absolute atomic E-state index is 13.1. The molecule has 154 valence electrons. The van der Waals surface area contributed by atoms with E-state index in [0.29, 0.717) is 19.3 Å². The first-order valence-corrected chi connectivity index (χ1v) is 11.7. The predicted octanol–water partition coefficient (Wildman–Crippen LogP) is 3.59. The highest BCUT2D eigenvalue weighted by molar-refractivity contribution is 7.90. The number of nitrogens with one attached hydrogen (secondary N) is 1. The molecular formula is C22H31NO4S. The Hall–Kier alpha value is -1.79. The average Bonchev–Trinajstić information content (AvgIpc) is 2.67. The number of allylic oxidation sites excluding steroid dienone is 2. The fraction of sp³-hybridized carbons (Fsp3) is 0.545. The van der Waals surface area contributed by atoms with Crippen LogP contribution in [0.25, 0.3) is 0 Å². The molecule has 0 bridgehead atoms. The molecule has 2 rings (SSSR count). The van der Waals surface area contributed by atoms with E-state index in [1.54, 1.807) is 0 Å². The van der Waals surface area contributed by atoms with Gasteiger partial charge in [-0.3, -0.25) is 9.59 Å². The first-order chi connectivity index (χ1) is 13.4. The van der Waals surface area contributed by atoms with Gasteiger partial charge in [0.25, 0.3) is 0 Å². The first-order valence-electron chi connectivity index (χ1n) is 10.2. The van der Waals surface area contributed by atoms with Crippen LogP contribution in [0.3, 0.4) is 0 Å². The maximum Gasteiger partial charge on any atom is 0.214 e. The Morgan fingerprint density at radius 3 is 2.39 bits per heavy atom. The van der Waals surface area contributed by atoms with Crippen LogP contribution in [0.15, 0.2) is 42.5 Å². The zero-order valence-corrected chi connectivity index (χ0v) is 17.6. The molecule has 0 saturated heterocycles. The van der Waals surface area contributed by atoms with Crippen molar-refractivity contribution >= 4 is 21.6 Å². The van der Waals surface area contributed by atoms with Crippen molar-refractivity contribution in [2.24, 2.45) is 5.92 Å². The van der Waals surface area contributed by atoms with Crippen LogP contribution in [0.5, 0.6) is 0 Å². The lowest BCUT2D eigenvalue weighted by Crippen LogP contribution is -2.48.